The number of carboxylic acids is 1. The quantitative estimate of drug-likeness (QED) is 0.0381. The van der Waals surface area contributed by atoms with Gasteiger partial charge in [-0.3, -0.25) is 19.2 Å². The van der Waals surface area contributed by atoms with Gasteiger partial charge < -0.3 is 50.3 Å². The molecule has 57 heavy (non-hydrogen) atoms. The van der Waals surface area contributed by atoms with Gasteiger partial charge in [-0.05, 0) is 34.2 Å². The molecule has 1 aliphatic carbocycles. The van der Waals surface area contributed by atoms with E-state index >= 15 is 0 Å². The number of ketones is 1. The van der Waals surface area contributed by atoms with Gasteiger partial charge in [-0.2, -0.15) is 4.79 Å². The maximum atomic E-state index is 13.7. The highest BCUT2D eigenvalue weighted by Gasteiger charge is 2.31. The zero-order valence-electron chi connectivity index (χ0n) is 31.6. The molecule has 4 rings (SSSR count). The van der Waals surface area contributed by atoms with E-state index in [4.69, 9.17) is 34.3 Å². The summed E-state index contributed by atoms with van der Waals surface area (Å²) < 4.78 is 27.1. The standard InChI is InChI=1S/C41H49N5O11/c42-44-27-30(47)14-15-36(46-41(52)57-28-35-33-12-6-4-10-31(33)32-11-5-7-13-34(32)35)40(51)45-37(26-29-8-2-1-3-9-29)39(50)43-17-19-54-21-23-56-25-24-55-22-20-53-18-16-38(48)49/h1-13,27,35-37H,14-26,28H2,(H,43,50)(H,45,51)(H,46,52)(H,48,49). The van der Waals surface area contributed by atoms with Gasteiger partial charge in [-0.25, -0.2) is 4.79 Å². The minimum absolute atomic E-state index is 0.000599. The molecule has 0 fully saturated rings. The molecule has 0 saturated carbocycles. The van der Waals surface area contributed by atoms with Crippen LogP contribution in [-0.4, -0.2) is 124 Å². The Morgan fingerprint density at radius 1 is 0.684 bits per heavy atom. The number of ether oxygens (including phenoxy) is 5. The average molecular weight is 788 g/mol. The SMILES string of the molecule is [N-]=[N+]=CC(=O)CCC(NC(=O)OCC1c2ccccc2-c2ccccc21)C(=O)NC(Cc1ccccc1)C(=O)NCCOCCOCCOCCOCCC(=O)O. The summed E-state index contributed by atoms with van der Waals surface area (Å²) in [5.74, 6) is -2.91. The largest absolute Gasteiger partial charge is 0.481 e. The third kappa shape index (κ3) is 15.4. The van der Waals surface area contributed by atoms with Gasteiger partial charge in [0.05, 0.1) is 59.3 Å². The molecule has 0 saturated heterocycles. The predicted molar refractivity (Wildman–Crippen MR) is 207 cm³/mol. The third-order valence-corrected chi connectivity index (χ3v) is 8.87. The molecule has 2 atom stereocenters. The van der Waals surface area contributed by atoms with Crippen molar-refractivity contribution in [3.05, 3.63) is 101 Å². The first-order valence-electron chi connectivity index (χ1n) is 18.7. The lowest BCUT2D eigenvalue weighted by molar-refractivity contribution is -0.138. The molecular weight excluding hydrogens is 738 g/mol. The van der Waals surface area contributed by atoms with Crippen LogP contribution in [0.4, 0.5) is 4.79 Å². The first kappa shape index (κ1) is 44.0. The van der Waals surface area contributed by atoms with E-state index in [1.165, 1.54) is 0 Å². The van der Waals surface area contributed by atoms with E-state index in [9.17, 15) is 24.0 Å². The number of nitrogens with zero attached hydrogens (tertiary/aromatic N) is 2. The van der Waals surface area contributed by atoms with Crippen LogP contribution in [0.3, 0.4) is 0 Å². The van der Waals surface area contributed by atoms with Gasteiger partial charge in [0.2, 0.25) is 17.6 Å². The molecule has 1 aliphatic rings. The fraction of sp³-hybridized carbons (Fsp3) is 0.415. The summed E-state index contributed by atoms with van der Waals surface area (Å²) in [6.45, 7) is 2.28. The Labute approximate surface area is 330 Å². The number of carboxylic acid groups (broad SMARTS) is 1. The summed E-state index contributed by atoms with van der Waals surface area (Å²) in [6, 6.07) is 22.5. The van der Waals surface area contributed by atoms with Crippen molar-refractivity contribution >= 4 is 35.9 Å². The molecule has 0 spiro atoms. The molecule has 3 amide bonds. The van der Waals surface area contributed by atoms with E-state index in [0.717, 1.165) is 27.8 Å². The van der Waals surface area contributed by atoms with Crippen molar-refractivity contribution < 1.29 is 57.6 Å². The van der Waals surface area contributed by atoms with Gasteiger partial charge in [0.15, 0.2) is 0 Å². The number of carbonyl (C=O) groups excluding carboxylic acids is 4. The third-order valence-electron chi connectivity index (χ3n) is 8.87. The van der Waals surface area contributed by atoms with E-state index in [0.29, 0.717) is 39.2 Å². The van der Waals surface area contributed by atoms with Crippen LogP contribution in [0.2, 0.25) is 0 Å². The number of carbonyl (C=O) groups is 5. The van der Waals surface area contributed by atoms with E-state index in [1.807, 2.05) is 78.9 Å². The number of amides is 3. The van der Waals surface area contributed by atoms with Crippen LogP contribution in [0.15, 0.2) is 78.9 Å². The number of hydrogen-bond acceptors (Lipinski definition) is 10. The zero-order valence-corrected chi connectivity index (χ0v) is 31.6. The molecule has 0 aliphatic heterocycles. The Bertz CT molecular complexity index is 1770. The van der Waals surface area contributed by atoms with Gasteiger partial charge in [0.25, 0.3) is 0 Å². The first-order chi connectivity index (χ1) is 27.8. The second-order valence-corrected chi connectivity index (χ2v) is 12.9. The van der Waals surface area contributed by atoms with Crippen LogP contribution in [0.1, 0.15) is 41.9 Å². The number of alkyl carbamates (subject to hydrolysis) is 1. The Morgan fingerprint density at radius 2 is 1.25 bits per heavy atom. The van der Waals surface area contributed by atoms with Crippen molar-refractivity contribution in [3.8, 4) is 11.1 Å². The number of nitrogens with one attached hydrogen (secondary N) is 3. The summed E-state index contributed by atoms with van der Waals surface area (Å²) in [7, 11) is 0. The van der Waals surface area contributed by atoms with Gasteiger partial charge in [0, 0.05) is 25.3 Å². The van der Waals surface area contributed by atoms with Crippen LogP contribution in [0.5, 0.6) is 0 Å². The van der Waals surface area contributed by atoms with Gasteiger partial charge in [-0.15, -0.1) is 0 Å². The summed E-state index contributed by atoms with van der Waals surface area (Å²) >= 11 is 0. The van der Waals surface area contributed by atoms with Crippen molar-refractivity contribution in [2.24, 2.45) is 0 Å². The van der Waals surface area contributed by atoms with E-state index in [1.54, 1.807) is 0 Å². The topological polar surface area (TPSA) is 224 Å². The van der Waals surface area contributed by atoms with Gasteiger partial charge in [-0.1, -0.05) is 78.9 Å². The van der Waals surface area contributed by atoms with Crippen molar-refractivity contribution in [1.29, 1.82) is 0 Å². The first-order valence-corrected chi connectivity index (χ1v) is 18.7. The molecule has 4 N–H and O–H groups in total. The minimum atomic E-state index is -1.27. The van der Waals surface area contributed by atoms with Crippen molar-refractivity contribution in [2.75, 3.05) is 66.0 Å². The molecule has 3 aromatic rings. The van der Waals surface area contributed by atoms with Crippen LogP contribution in [-0.2, 0) is 49.3 Å². The van der Waals surface area contributed by atoms with E-state index in [2.05, 4.69) is 20.7 Å². The van der Waals surface area contributed by atoms with E-state index < -0.39 is 41.7 Å². The maximum Gasteiger partial charge on any atom is 0.407 e. The smallest absolute Gasteiger partial charge is 0.407 e. The number of benzene rings is 3. The van der Waals surface area contributed by atoms with Crippen LogP contribution in [0, 0.1) is 0 Å². The monoisotopic (exact) mass is 787 g/mol. The molecule has 3 aromatic carbocycles. The summed E-state index contributed by atoms with van der Waals surface area (Å²) in [5.41, 5.74) is 13.7. The zero-order chi connectivity index (χ0) is 40.7. The Balaban J connectivity index is 1.26. The lowest BCUT2D eigenvalue weighted by Gasteiger charge is -2.23. The molecule has 16 heteroatoms. The molecule has 0 heterocycles. The molecule has 0 aromatic heterocycles. The van der Waals surface area contributed by atoms with Crippen molar-refractivity contribution in [2.45, 2.75) is 43.7 Å². The average Bonchev–Trinajstić information content (AvgIpc) is 3.53. The normalized spacial score (nSPS) is 12.6. The molecular formula is C41H49N5O11. The lowest BCUT2D eigenvalue weighted by atomic mass is 9.98. The fourth-order valence-electron chi connectivity index (χ4n) is 6.09. The number of Topliss-reactive ketones (excluding diaryl/α,β-unsaturated/α-hetero) is 1. The van der Waals surface area contributed by atoms with Gasteiger partial charge in [0.1, 0.15) is 18.7 Å². The maximum absolute atomic E-state index is 13.7. The van der Waals surface area contributed by atoms with Gasteiger partial charge >= 0.3 is 18.3 Å². The van der Waals surface area contributed by atoms with Crippen LogP contribution in [0.25, 0.3) is 16.7 Å². The Kier molecular flexibility index (Phi) is 19.0. The van der Waals surface area contributed by atoms with E-state index in [-0.39, 0.29) is 64.6 Å². The fourth-order valence-corrected chi connectivity index (χ4v) is 6.09. The number of rotatable bonds is 27. The summed E-state index contributed by atoms with van der Waals surface area (Å²) in [6.07, 6.45) is -0.484. The highest BCUT2D eigenvalue weighted by atomic mass is 16.6. The van der Waals surface area contributed by atoms with Crippen molar-refractivity contribution in [1.82, 2.24) is 16.0 Å². The lowest BCUT2D eigenvalue weighted by Crippen LogP contribution is -2.55. The molecule has 304 valence electrons. The number of aliphatic carboxylic acids is 1. The summed E-state index contributed by atoms with van der Waals surface area (Å²) in [5, 5.41) is 16.7. The number of fused-ring (bicyclic) bond motifs is 3. The second kappa shape index (κ2) is 24.7. The molecule has 2 unspecified atom stereocenters. The Morgan fingerprint density at radius 3 is 1.84 bits per heavy atom. The minimum Gasteiger partial charge on any atom is -0.481 e. The molecule has 0 radical (unpaired) electrons. The van der Waals surface area contributed by atoms with Crippen LogP contribution < -0.4 is 16.0 Å². The molecule has 16 nitrogen and oxygen atoms in total. The summed E-state index contributed by atoms with van der Waals surface area (Å²) in [4.78, 5) is 65.8. The highest BCUT2D eigenvalue weighted by Crippen LogP contribution is 2.44. The Hall–Kier alpha value is -5.77. The highest BCUT2D eigenvalue weighted by molar-refractivity contribution is 6.25. The van der Waals surface area contributed by atoms with Crippen LogP contribution >= 0.6 is 0 Å². The second-order valence-electron chi connectivity index (χ2n) is 12.9. The number of hydrogen-bond donors (Lipinski definition) is 4. The van der Waals surface area contributed by atoms with Crippen molar-refractivity contribution in [3.63, 3.8) is 0 Å². The molecule has 0 bridgehead atoms. The predicted octanol–water partition coefficient (Wildman–Crippen LogP) is 2.93.